The number of hydrogen-bond donors (Lipinski definition) is 3. The third kappa shape index (κ3) is 11.6. The molecule has 152 valence electrons. The zero-order valence-corrected chi connectivity index (χ0v) is 17.0. The first-order chi connectivity index (χ1) is 11.8. The normalized spacial score (nSPS) is 13.7. The fourth-order valence-electron chi connectivity index (χ4n) is 2.62. The summed E-state index contributed by atoms with van der Waals surface area (Å²) in [5.41, 5.74) is 1.11. The number of hydrogen-bond acceptors (Lipinski definition) is 5. The van der Waals surface area contributed by atoms with Crippen LogP contribution in [-0.4, -0.2) is 22.4 Å². The Bertz CT molecular complexity index is 536. The smallest absolute Gasteiger partial charge is 0.465 e. The van der Waals surface area contributed by atoms with Crippen molar-refractivity contribution in [2.45, 2.75) is 78.3 Å². The van der Waals surface area contributed by atoms with Crippen LogP contribution in [0.2, 0.25) is 0 Å². The van der Waals surface area contributed by atoms with Crippen molar-refractivity contribution >= 4 is 7.82 Å². The molecule has 0 aliphatic heterocycles. The van der Waals surface area contributed by atoms with Gasteiger partial charge in [0.1, 0.15) is 5.75 Å². The lowest BCUT2D eigenvalue weighted by Crippen LogP contribution is -2.24. The van der Waals surface area contributed by atoms with Crippen molar-refractivity contribution in [2.24, 2.45) is 0 Å². The van der Waals surface area contributed by atoms with Gasteiger partial charge in [0, 0.05) is 0 Å². The molecule has 0 aromatic heterocycles. The first-order valence-electron chi connectivity index (χ1n) is 8.95. The molecule has 0 aliphatic carbocycles. The van der Waals surface area contributed by atoms with Crippen LogP contribution in [0.1, 0.15) is 64.9 Å². The highest BCUT2D eigenvalue weighted by atomic mass is 31.2. The van der Waals surface area contributed by atoms with Gasteiger partial charge in [0.25, 0.3) is 0 Å². The summed E-state index contributed by atoms with van der Waals surface area (Å²) in [6.07, 6.45) is 6.58. The molecule has 7 nitrogen and oxygen atoms in total. The van der Waals surface area contributed by atoms with E-state index in [0.717, 1.165) is 24.2 Å². The van der Waals surface area contributed by atoms with Crippen LogP contribution in [0.3, 0.4) is 0 Å². The first-order valence-corrected chi connectivity index (χ1v) is 10.5. The van der Waals surface area contributed by atoms with E-state index in [9.17, 15) is 4.57 Å². The van der Waals surface area contributed by atoms with Crippen molar-refractivity contribution in [3.63, 3.8) is 0 Å². The number of para-hydroxylation sites is 1. The van der Waals surface area contributed by atoms with E-state index in [1.165, 1.54) is 39.0 Å². The Balaban J connectivity index is 0.00000625. The van der Waals surface area contributed by atoms with Crippen LogP contribution in [0, 0.1) is 0 Å². The third-order valence-corrected chi connectivity index (χ3v) is 4.31. The molecule has 5 N–H and O–H groups in total. The Morgan fingerprint density at radius 2 is 1.62 bits per heavy atom. The van der Waals surface area contributed by atoms with Gasteiger partial charge in [-0.3, -0.25) is 4.52 Å². The lowest BCUT2D eigenvalue weighted by molar-refractivity contribution is -0.173. The topological polar surface area (TPSA) is 120 Å². The standard InChI is InChI=1S/C18H31O6P.H3N/c1-4-5-6-7-8-9-12-17-13-10-11-14-18(17)23-15(2)22-16(3)24-25(19,20)21;/h10-11,13-16H,4-9,12H2,1-3H3,(H2,19,20,21);1H3. The van der Waals surface area contributed by atoms with Gasteiger partial charge in [-0.1, -0.05) is 57.2 Å². The van der Waals surface area contributed by atoms with Crippen molar-refractivity contribution in [2.75, 3.05) is 0 Å². The zero-order valence-electron chi connectivity index (χ0n) is 16.1. The Labute approximate surface area is 156 Å². The minimum Gasteiger partial charge on any atom is -0.465 e. The molecule has 0 aliphatic rings. The summed E-state index contributed by atoms with van der Waals surface area (Å²) in [4.78, 5) is 17.6. The lowest BCUT2D eigenvalue weighted by atomic mass is 10.0. The fourth-order valence-corrected chi connectivity index (χ4v) is 3.05. The molecular formula is C18H34NO6P. The molecule has 0 radical (unpaired) electrons. The van der Waals surface area contributed by atoms with Crippen LogP contribution in [0.5, 0.6) is 5.75 Å². The summed E-state index contributed by atoms with van der Waals surface area (Å²) in [5.74, 6) is 0.729. The van der Waals surface area contributed by atoms with E-state index in [1.54, 1.807) is 6.92 Å². The van der Waals surface area contributed by atoms with Gasteiger partial charge >= 0.3 is 7.82 Å². The van der Waals surface area contributed by atoms with Gasteiger partial charge < -0.3 is 25.4 Å². The van der Waals surface area contributed by atoms with Crippen molar-refractivity contribution < 1.29 is 28.3 Å². The quantitative estimate of drug-likeness (QED) is 0.247. The molecule has 0 fully saturated rings. The molecule has 2 unspecified atom stereocenters. The predicted octanol–water partition coefficient (Wildman–Crippen LogP) is 4.95. The molecule has 2 atom stereocenters. The Morgan fingerprint density at radius 1 is 1.00 bits per heavy atom. The molecule has 0 amide bonds. The van der Waals surface area contributed by atoms with E-state index >= 15 is 0 Å². The van der Waals surface area contributed by atoms with Crippen molar-refractivity contribution in [1.29, 1.82) is 0 Å². The van der Waals surface area contributed by atoms with E-state index in [1.807, 2.05) is 24.3 Å². The van der Waals surface area contributed by atoms with Gasteiger partial charge in [-0.15, -0.1) is 0 Å². The van der Waals surface area contributed by atoms with Crippen molar-refractivity contribution in [3.8, 4) is 5.75 Å². The lowest BCUT2D eigenvalue weighted by Gasteiger charge is -2.21. The fraction of sp³-hybridized carbons (Fsp3) is 0.667. The van der Waals surface area contributed by atoms with Gasteiger partial charge in [0.15, 0.2) is 12.6 Å². The minimum absolute atomic E-state index is 0. The van der Waals surface area contributed by atoms with Crippen LogP contribution >= 0.6 is 7.82 Å². The molecule has 1 aromatic carbocycles. The molecular weight excluding hydrogens is 357 g/mol. The van der Waals surface area contributed by atoms with Crippen LogP contribution in [0.25, 0.3) is 0 Å². The number of benzene rings is 1. The summed E-state index contributed by atoms with van der Waals surface area (Å²) < 4.78 is 26.3. The maximum atomic E-state index is 10.8. The second-order valence-electron chi connectivity index (χ2n) is 6.11. The van der Waals surface area contributed by atoms with Crippen LogP contribution in [0.15, 0.2) is 24.3 Å². The van der Waals surface area contributed by atoms with E-state index in [4.69, 9.17) is 19.3 Å². The maximum Gasteiger partial charge on any atom is 0.471 e. The highest BCUT2D eigenvalue weighted by Gasteiger charge is 2.21. The minimum atomic E-state index is -4.58. The summed E-state index contributed by atoms with van der Waals surface area (Å²) in [6, 6.07) is 7.77. The van der Waals surface area contributed by atoms with E-state index in [-0.39, 0.29) is 6.15 Å². The Kier molecular flexibility index (Phi) is 12.8. The monoisotopic (exact) mass is 391 g/mol. The Hall–Kier alpha value is -0.950. The molecule has 0 heterocycles. The van der Waals surface area contributed by atoms with Crippen LogP contribution in [0.4, 0.5) is 0 Å². The maximum absolute atomic E-state index is 10.8. The highest BCUT2D eigenvalue weighted by Crippen LogP contribution is 2.38. The SMILES string of the molecule is CCCCCCCCc1ccccc1OC(C)OC(C)OP(=O)(O)O.N. The Morgan fingerprint density at radius 3 is 2.27 bits per heavy atom. The first kappa shape index (κ1) is 25.1. The second kappa shape index (κ2) is 13.3. The van der Waals surface area contributed by atoms with Gasteiger partial charge in [-0.05, 0) is 38.3 Å². The number of aryl methyl sites for hydroxylation is 1. The number of rotatable bonds is 13. The molecule has 0 spiro atoms. The second-order valence-corrected chi connectivity index (χ2v) is 7.30. The predicted molar refractivity (Wildman–Crippen MR) is 102 cm³/mol. The van der Waals surface area contributed by atoms with Crippen molar-refractivity contribution in [3.05, 3.63) is 29.8 Å². The van der Waals surface area contributed by atoms with E-state index < -0.39 is 20.4 Å². The third-order valence-electron chi connectivity index (χ3n) is 3.73. The number of ether oxygens (including phenoxy) is 2. The van der Waals surface area contributed by atoms with Crippen LogP contribution < -0.4 is 10.9 Å². The summed E-state index contributed by atoms with van der Waals surface area (Å²) in [7, 11) is -4.58. The largest absolute Gasteiger partial charge is 0.471 e. The summed E-state index contributed by atoms with van der Waals surface area (Å²) in [5, 5.41) is 0. The molecule has 0 saturated heterocycles. The summed E-state index contributed by atoms with van der Waals surface area (Å²) in [6.45, 7) is 5.30. The van der Waals surface area contributed by atoms with Crippen LogP contribution in [-0.2, 0) is 20.2 Å². The molecule has 8 heteroatoms. The average molecular weight is 391 g/mol. The average Bonchev–Trinajstić information content (AvgIpc) is 2.50. The van der Waals surface area contributed by atoms with Crippen molar-refractivity contribution in [1.82, 2.24) is 6.15 Å². The number of phosphoric acid groups is 1. The van der Waals surface area contributed by atoms with Gasteiger partial charge in [-0.25, -0.2) is 4.57 Å². The number of phosphoric ester groups is 1. The molecule has 0 bridgehead atoms. The number of unbranched alkanes of at least 4 members (excludes halogenated alkanes) is 5. The van der Waals surface area contributed by atoms with E-state index in [2.05, 4.69) is 11.4 Å². The molecule has 1 rings (SSSR count). The molecule has 1 aromatic rings. The van der Waals surface area contributed by atoms with Gasteiger partial charge in [-0.2, -0.15) is 0 Å². The van der Waals surface area contributed by atoms with E-state index in [0.29, 0.717) is 0 Å². The molecule has 26 heavy (non-hydrogen) atoms. The van der Waals surface area contributed by atoms with Gasteiger partial charge in [0.2, 0.25) is 0 Å². The van der Waals surface area contributed by atoms with Gasteiger partial charge in [0.05, 0.1) is 0 Å². The molecule has 0 saturated carbocycles. The zero-order chi connectivity index (χ0) is 18.7. The summed E-state index contributed by atoms with van der Waals surface area (Å²) >= 11 is 0. The highest BCUT2D eigenvalue weighted by molar-refractivity contribution is 7.46.